The maximum atomic E-state index is 13.2. The van der Waals surface area contributed by atoms with Gasteiger partial charge in [0, 0.05) is 12.6 Å². The van der Waals surface area contributed by atoms with E-state index in [1.54, 1.807) is 11.8 Å². The lowest BCUT2D eigenvalue weighted by Crippen LogP contribution is -2.47. The lowest BCUT2D eigenvalue weighted by atomic mass is 10.1. The van der Waals surface area contributed by atoms with Crippen LogP contribution in [0, 0.1) is 6.92 Å². The molecular formula is C22H27ClN2O5. The predicted octanol–water partition coefficient (Wildman–Crippen LogP) is 3.71. The number of nitrogens with zero attached hydrogens (tertiary/aromatic N) is 2. The average molecular weight is 435 g/mol. The van der Waals surface area contributed by atoms with E-state index in [0.717, 1.165) is 11.3 Å². The van der Waals surface area contributed by atoms with Crippen molar-refractivity contribution in [2.75, 3.05) is 13.3 Å². The summed E-state index contributed by atoms with van der Waals surface area (Å²) in [5.74, 6) is 2.33. The van der Waals surface area contributed by atoms with Gasteiger partial charge in [0.25, 0.3) is 0 Å². The minimum Gasteiger partial charge on any atom is -0.464 e. The smallest absolute Gasteiger partial charge is 0.242 e. The van der Waals surface area contributed by atoms with Crippen LogP contribution in [0.1, 0.15) is 37.9 Å². The van der Waals surface area contributed by atoms with Crippen molar-refractivity contribution in [3.05, 3.63) is 47.4 Å². The number of hydrogen-bond acceptors (Lipinski definition) is 5. The van der Waals surface area contributed by atoms with Gasteiger partial charge in [0.1, 0.15) is 23.4 Å². The fraction of sp³-hybridized carbons (Fsp3) is 0.455. The largest absolute Gasteiger partial charge is 0.464 e. The fourth-order valence-electron chi connectivity index (χ4n) is 3.24. The molecule has 0 N–H and O–H groups in total. The Morgan fingerprint density at radius 1 is 1.07 bits per heavy atom. The average Bonchev–Trinajstić information content (AvgIpc) is 3.32. The summed E-state index contributed by atoms with van der Waals surface area (Å²) >= 11 is 5.99. The van der Waals surface area contributed by atoms with Gasteiger partial charge in [0.2, 0.25) is 18.6 Å². The molecule has 2 amide bonds. The van der Waals surface area contributed by atoms with Crippen molar-refractivity contribution in [2.24, 2.45) is 0 Å². The van der Waals surface area contributed by atoms with Crippen LogP contribution in [0.25, 0.3) is 0 Å². The van der Waals surface area contributed by atoms with E-state index in [9.17, 15) is 9.59 Å². The van der Waals surface area contributed by atoms with E-state index >= 15 is 0 Å². The summed E-state index contributed by atoms with van der Waals surface area (Å²) in [6, 6.07) is 9.14. The Morgan fingerprint density at radius 3 is 2.43 bits per heavy atom. The van der Waals surface area contributed by atoms with Gasteiger partial charge in [-0.15, -0.1) is 11.6 Å². The molecule has 0 saturated carbocycles. The molecule has 1 unspecified atom stereocenters. The molecule has 1 aromatic heterocycles. The second kappa shape index (κ2) is 9.43. The fourth-order valence-corrected chi connectivity index (χ4v) is 3.36. The molecule has 0 spiro atoms. The third-order valence-electron chi connectivity index (χ3n) is 4.86. The molecule has 1 aromatic carbocycles. The van der Waals surface area contributed by atoms with Gasteiger partial charge in [-0.2, -0.15) is 0 Å². The number of ether oxygens (including phenoxy) is 2. The standard InChI is InChI=1S/C22H27ClN2O5/c1-14(2)25(22(27)16(4)23)12-21(26)24(11-18-7-5-15(3)30-18)10-17-6-8-19-20(9-17)29-13-28-19/h5-9,14,16H,10-13H2,1-4H3. The lowest BCUT2D eigenvalue weighted by molar-refractivity contribution is -0.142. The normalized spacial score (nSPS) is 13.4. The van der Waals surface area contributed by atoms with Gasteiger partial charge in [-0.1, -0.05) is 6.07 Å². The van der Waals surface area contributed by atoms with Crippen molar-refractivity contribution >= 4 is 23.4 Å². The highest BCUT2D eigenvalue weighted by Gasteiger charge is 2.27. The summed E-state index contributed by atoms with van der Waals surface area (Å²) in [6.45, 7) is 7.95. The highest BCUT2D eigenvalue weighted by molar-refractivity contribution is 6.30. The van der Waals surface area contributed by atoms with Crippen LogP contribution in [0.15, 0.2) is 34.7 Å². The SMILES string of the molecule is Cc1ccc(CN(Cc2ccc3c(c2)OCO3)C(=O)CN(C(=O)C(C)Cl)C(C)C)o1. The second-order valence-electron chi connectivity index (χ2n) is 7.63. The zero-order valence-corrected chi connectivity index (χ0v) is 18.4. The number of rotatable bonds is 8. The van der Waals surface area contributed by atoms with E-state index in [0.29, 0.717) is 23.8 Å². The van der Waals surface area contributed by atoms with Crippen molar-refractivity contribution in [3.63, 3.8) is 0 Å². The zero-order valence-electron chi connectivity index (χ0n) is 17.7. The molecule has 8 heteroatoms. The third-order valence-corrected chi connectivity index (χ3v) is 5.04. The summed E-state index contributed by atoms with van der Waals surface area (Å²) in [5, 5.41) is -0.699. The number of halogens is 1. The Morgan fingerprint density at radius 2 is 1.80 bits per heavy atom. The topological polar surface area (TPSA) is 72.2 Å². The molecule has 3 rings (SSSR count). The molecule has 162 valence electrons. The van der Waals surface area contributed by atoms with E-state index in [1.807, 2.05) is 51.1 Å². The van der Waals surface area contributed by atoms with Gasteiger partial charge in [-0.3, -0.25) is 9.59 Å². The predicted molar refractivity (Wildman–Crippen MR) is 112 cm³/mol. The molecule has 2 heterocycles. The molecular weight excluding hydrogens is 408 g/mol. The monoisotopic (exact) mass is 434 g/mol. The van der Waals surface area contributed by atoms with Crippen molar-refractivity contribution in [1.82, 2.24) is 9.80 Å². The second-order valence-corrected chi connectivity index (χ2v) is 8.28. The summed E-state index contributed by atoms with van der Waals surface area (Å²) < 4.78 is 16.5. The number of aryl methyl sites for hydroxylation is 1. The molecule has 1 atom stereocenters. The number of benzene rings is 1. The molecule has 1 aliphatic heterocycles. The summed E-state index contributed by atoms with van der Waals surface area (Å²) in [7, 11) is 0. The molecule has 7 nitrogen and oxygen atoms in total. The Balaban J connectivity index is 1.80. The quantitative estimate of drug-likeness (QED) is 0.592. The van der Waals surface area contributed by atoms with Crippen molar-refractivity contribution in [3.8, 4) is 11.5 Å². The minimum atomic E-state index is -0.699. The first-order chi connectivity index (χ1) is 14.2. The van der Waals surface area contributed by atoms with Gasteiger partial charge in [-0.05, 0) is 57.5 Å². The summed E-state index contributed by atoms with van der Waals surface area (Å²) in [6.07, 6.45) is 0. The van der Waals surface area contributed by atoms with Crippen LogP contribution in [0.3, 0.4) is 0 Å². The molecule has 30 heavy (non-hydrogen) atoms. The molecule has 0 aliphatic carbocycles. The number of carbonyl (C=O) groups is 2. The molecule has 0 bridgehead atoms. The number of carbonyl (C=O) groups excluding carboxylic acids is 2. The first-order valence-corrected chi connectivity index (χ1v) is 10.3. The van der Waals surface area contributed by atoms with Gasteiger partial charge in [0.05, 0.1) is 6.54 Å². The van der Waals surface area contributed by atoms with Crippen LogP contribution >= 0.6 is 11.6 Å². The molecule has 0 fully saturated rings. The Labute approximate surface area is 181 Å². The molecule has 2 aromatic rings. The van der Waals surface area contributed by atoms with Crippen LogP contribution in [-0.2, 0) is 22.7 Å². The Hall–Kier alpha value is -2.67. The highest BCUT2D eigenvalue weighted by Crippen LogP contribution is 2.33. The number of furan rings is 1. The van der Waals surface area contributed by atoms with E-state index in [1.165, 1.54) is 4.90 Å². The van der Waals surface area contributed by atoms with Gasteiger partial charge in [0.15, 0.2) is 11.5 Å². The number of alkyl halides is 1. The summed E-state index contributed by atoms with van der Waals surface area (Å²) in [4.78, 5) is 28.9. The van der Waals surface area contributed by atoms with Crippen molar-refractivity contribution < 1.29 is 23.5 Å². The van der Waals surface area contributed by atoms with E-state index in [-0.39, 0.29) is 37.7 Å². The highest BCUT2D eigenvalue weighted by atomic mass is 35.5. The Bertz CT molecular complexity index is 909. The van der Waals surface area contributed by atoms with Gasteiger partial charge >= 0.3 is 0 Å². The number of amides is 2. The van der Waals surface area contributed by atoms with E-state index < -0.39 is 5.38 Å². The van der Waals surface area contributed by atoms with Crippen molar-refractivity contribution in [1.29, 1.82) is 0 Å². The summed E-state index contributed by atoms with van der Waals surface area (Å²) in [5.41, 5.74) is 0.893. The first kappa shape index (κ1) is 22.0. The van der Waals surface area contributed by atoms with Crippen LogP contribution < -0.4 is 9.47 Å². The van der Waals surface area contributed by atoms with Crippen LogP contribution in [0.2, 0.25) is 0 Å². The van der Waals surface area contributed by atoms with Gasteiger partial charge < -0.3 is 23.7 Å². The molecule has 1 aliphatic rings. The van der Waals surface area contributed by atoms with Crippen molar-refractivity contribution in [2.45, 2.75) is 52.2 Å². The maximum absolute atomic E-state index is 13.2. The minimum absolute atomic E-state index is 0.0577. The first-order valence-electron chi connectivity index (χ1n) is 9.90. The lowest BCUT2D eigenvalue weighted by Gasteiger charge is -2.30. The van der Waals surface area contributed by atoms with Crippen LogP contribution in [0.5, 0.6) is 11.5 Å². The zero-order chi connectivity index (χ0) is 21.8. The maximum Gasteiger partial charge on any atom is 0.242 e. The van der Waals surface area contributed by atoms with E-state index in [4.69, 9.17) is 25.5 Å². The third kappa shape index (κ3) is 5.27. The van der Waals surface area contributed by atoms with E-state index in [2.05, 4.69) is 0 Å². The van der Waals surface area contributed by atoms with Crippen LogP contribution in [-0.4, -0.2) is 46.4 Å². The Kier molecular flexibility index (Phi) is 6.92. The number of hydrogen-bond donors (Lipinski definition) is 0. The molecule has 0 saturated heterocycles. The molecule has 0 radical (unpaired) electrons. The van der Waals surface area contributed by atoms with Gasteiger partial charge in [-0.25, -0.2) is 0 Å². The van der Waals surface area contributed by atoms with Crippen LogP contribution in [0.4, 0.5) is 0 Å². The number of fused-ring (bicyclic) bond motifs is 1.